The second-order valence-corrected chi connectivity index (χ2v) is 6.58. The minimum Gasteiger partial charge on any atom is -0.494 e. The fraction of sp³-hybridized carbons (Fsp3) is 0.381. The second-order valence-electron chi connectivity index (χ2n) is 6.58. The summed E-state index contributed by atoms with van der Waals surface area (Å²) in [5.74, 6) is 0.402. The highest BCUT2D eigenvalue weighted by atomic mass is 16.5. The van der Waals surface area contributed by atoms with E-state index in [1.807, 2.05) is 11.8 Å². The van der Waals surface area contributed by atoms with Crippen LogP contribution >= 0.6 is 0 Å². The summed E-state index contributed by atoms with van der Waals surface area (Å²) in [6.45, 7) is 4.04. The van der Waals surface area contributed by atoms with Crippen LogP contribution in [-0.4, -0.2) is 41.4 Å². The van der Waals surface area contributed by atoms with Crippen molar-refractivity contribution in [2.75, 3.05) is 25.0 Å². The summed E-state index contributed by atoms with van der Waals surface area (Å²) in [6, 6.07) is 8.78. The van der Waals surface area contributed by atoms with Crippen molar-refractivity contribution in [2.24, 2.45) is 0 Å². The second kappa shape index (κ2) is 9.16. The van der Waals surface area contributed by atoms with Crippen molar-refractivity contribution >= 4 is 17.5 Å². The summed E-state index contributed by atoms with van der Waals surface area (Å²) in [6.07, 6.45) is 7.37. The van der Waals surface area contributed by atoms with Gasteiger partial charge in [-0.05, 0) is 50.1 Å². The number of aromatic nitrogens is 1. The molecule has 1 aromatic heterocycles. The molecule has 1 aromatic carbocycles. The van der Waals surface area contributed by atoms with E-state index in [9.17, 15) is 9.59 Å². The highest BCUT2D eigenvalue weighted by Crippen LogP contribution is 2.17. The van der Waals surface area contributed by atoms with Gasteiger partial charge in [-0.25, -0.2) is 0 Å². The van der Waals surface area contributed by atoms with E-state index in [0.29, 0.717) is 23.4 Å². The molecule has 142 valence electrons. The van der Waals surface area contributed by atoms with Gasteiger partial charge in [-0.3, -0.25) is 14.6 Å². The first-order valence-corrected chi connectivity index (χ1v) is 9.46. The van der Waals surface area contributed by atoms with E-state index in [0.717, 1.165) is 44.5 Å². The molecule has 3 rings (SSSR count). The van der Waals surface area contributed by atoms with Crippen molar-refractivity contribution in [3.05, 3.63) is 53.9 Å². The number of hydrogen-bond acceptors (Lipinski definition) is 4. The van der Waals surface area contributed by atoms with Gasteiger partial charge in [0.2, 0.25) is 0 Å². The minimum atomic E-state index is -0.294. The first-order valence-electron chi connectivity index (χ1n) is 9.46. The number of anilines is 1. The summed E-state index contributed by atoms with van der Waals surface area (Å²) in [5, 5.41) is 2.82. The highest BCUT2D eigenvalue weighted by molar-refractivity contribution is 6.05. The summed E-state index contributed by atoms with van der Waals surface area (Å²) in [5.41, 5.74) is 1.48. The lowest BCUT2D eigenvalue weighted by atomic mass is 10.1. The lowest BCUT2D eigenvalue weighted by Crippen LogP contribution is -2.32. The summed E-state index contributed by atoms with van der Waals surface area (Å²) in [7, 11) is 0. The van der Waals surface area contributed by atoms with Crippen LogP contribution in [0.25, 0.3) is 0 Å². The number of nitrogens with one attached hydrogen (secondary N) is 1. The van der Waals surface area contributed by atoms with Crippen molar-refractivity contribution in [1.29, 1.82) is 0 Å². The standard InChI is InChI=1S/C21H25N3O3/c1-2-27-19-9-7-18(8-10-19)23-20(25)16-13-17(15-22-14-16)21(26)24-11-5-3-4-6-12-24/h7-10,13-15H,2-6,11-12H2,1H3,(H,23,25). The van der Waals surface area contributed by atoms with Gasteiger partial charge in [0.05, 0.1) is 17.7 Å². The molecular weight excluding hydrogens is 342 g/mol. The van der Waals surface area contributed by atoms with Crippen LogP contribution in [0.4, 0.5) is 5.69 Å². The van der Waals surface area contributed by atoms with Gasteiger partial charge in [0.25, 0.3) is 11.8 Å². The van der Waals surface area contributed by atoms with Crippen LogP contribution in [0.3, 0.4) is 0 Å². The molecule has 2 heterocycles. The van der Waals surface area contributed by atoms with Gasteiger partial charge in [0, 0.05) is 31.2 Å². The zero-order chi connectivity index (χ0) is 19.1. The number of carbonyl (C=O) groups excluding carboxylic acids is 2. The van der Waals surface area contributed by atoms with Gasteiger partial charge in [0.15, 0.2) is 0 Å². The molecule has 6 heteroatoms. The molecule has 1 N–H and O–H groups in total. The number of rotatable bonds is 5. The lowest BCUT2D eigenvalue weighted by molar-refractivity contribution is 0.0761. The van der Waals surface area contributed by atoms with Crippen molar-refractivity contribution in [1.82, 2.24) is 9.88 Å². The number of hydrogen-bond donors (Lipinski definition) is 1. The molecule has 2 aromatic rings. The first-order chi connectivity index (χ1) is 13.2. The Hall–Kier alpha value is -2.89. The molecule has 27 heavy (non-hydrogen) atoms. The van der Waals surface area contributed by atoms with E-state index >= 15 is 0 Å². The lowest BCUT2D eigenvalue weighted by Gasteiger charge is -2.20. The van der Waals surface area contributed by atoms with Gasteiger partial charge in [-0.15, -0.1) is 0 Å². The first kappa shape index (κ1) is 18.9. The molecule has 0 saturated carbocycles. The third kappa shape index (κ3) is 5.06. The number of amides is 2. The number of benzene rings is 1. The van der Waals surface area contributed by atoms with E-state index in [1.165, 1.54) is 12.4 Å². The molecule has 0 bridgehead atoms. The Labute approximate surface area is 159 Å². The molecule has 6 nitrogen and oxygen atoms in total. The fourth-order valence-electron chi connectivity index (χ4n) is 3.14. The minimum absolute atomic E-state index is 0.0554. The Kier molecular flexibility index (Phi) is 6.41. The van der Waals surface area contributed by atoms with E-state index in [1.54, 1.807) is 30.3 Å². The van der Waals surface area contributed by atoms with Crippen LogP contribution in [0, 0.1) is 0 Å². The zero-order valence-electron chi connectivity index (χ0n) is 15.6. The van der Waals surface area contributed by atoms with E-state index in [2.05, 4.69) is 10.3 Å². The Balaban J connectivity index is 1.68. The maximum Gasteiger partial charge on any atom is 0.257 e. The van der Waals surface area contributed by atoms with Gasteiger partial charge < -0.3 is 15.0 Å². The van der Waals surface area contributed by atoms with Crippen LogP contribution in [0.2, 0.25) is 0 Å². The van der Waals surface area contributed by atoms with E-state index in [4.69, 9.17) is 4.74 Å². The maximum absolute atomic E-state index is 12.7. The van der Waals surface area contributed by atoms with E-state index < -0.39 is 0 Å². The molecule has 0 atom stereocenters. The molecule has 0 aliphatic carbocycles. The molecule has 2 amide bonds. The average molecular weight is 367 g/mol. The maximum atomic E-state index is 12.7. The van der Waals surface area contributed by atoms with Crippen molar-refractivity contribution in [3.8, 4) is 5.75 Å². The normalized spacial score (nSPS) is 14.3. The summed E-state index contributed by atoms with van der Waals surface area (Å²) < 4.78 is 5.39. The van der Waals surface area contributed by atoms with Gasteiger partial charge in [0.1, 0.15) is 5.75 Å². The molecule has 1 aliphatic heterocycles. The quantitative estimate of drug-likeness (QED) is 0.874. The Morgan fingerprint density at radius 1 is 1.04 bits per heavy atom. The molecule has 0 unspecified atom stereocenters. The van der Waals surface area contributed by atoms with Crippen molar-refractivity contribution in [2.45, 2.75) is 32.6 Å². The molecule has 1 saturated heterocycles. The molecule has 0 radical (unpaired) electrons. The third-order valence-corrected chi connectivity index (χ3v) is 4.56. The third-order valence-electron chi connectivity index (χ3n) is 4.56. The number of pyridine rings is 1. The van der Waals surface area contributed by atoms with Gasteiger partial charge in [-0.2, -0.15) is 0 Å². The SMILES string of the molecule is CCOc1ccc(NC(=O)c2cncc(C(=O)N3CCCCCC3)c2)cc1. The highest BCUT2D eigenvalue weighted by Gasteiger charge is 2.19. The van der Waals surface area contributed by atoms with Crippen LogP contribution < -0.4 is 10.1 Å². The number of ether oxygens (including phenoxy) is 1. The molecule has 1 aliphatic rings. The Morgan fingerprint density at radius 2 is 1.70 bits per heavy atom. The van der Waals surface area contributed by atoms with Gasteiger partial charge >= 0.3 is 0 Å². The summed E-state index contributed by atoms with van der Waals surface area (Å²) in [4.78, 5) is 31.2. The van der Waals surface area contributed by atoms with E-state index in [-0.39, 0.29) is 11.8 Å². The predicted octanol–water partition coefficient (Wildman–Crippen LogP) is 3.75. The van der Waals surface area contributed by atoms with Crippen LogP contribution in [-0.2, 0) is 0 Å². The van der Waals surface area contributed by atoms with Crippen LogP contribution in [0.15, 0.2) is 42.7 Å². The fourth-order valence-corrected chi connectivity index (χ4v) is 3.14. The van der Waals surface area contributed by atoms with Crippen molar-refractivity contribution < 1.29 is 14.3 Å². The van der Waals surface area contributed by atoms with Gasteiger partial charge in [-0.1, -0.05) is 12.8 Å². The number of nitrogens with zero attached hydrogens (tertiary/aromatic N) is 2. The van der Waals surface area contributed by atoms with Crippen LogP contribution in [0.1, 0.15) is 53.3 Å². The Bertz CT molecular complexity index is 782. The summed E-state index contributed by atoms with van der Waals surface area (Å²) >= 11 is 0. The topological polar surface area (TPSA) is 71.5 Å². The zero-order valence-corrected chi connectivity index (χ0v) is 15.6. The smallest absolute Gasteiger partial charge is 0.257 e. The van der Waals surface area contributed by atoms with Crippen molar-refractivity contribution in [3.63, 3.8) is 0 Å². The largest absolute Gasteiger partial charge is 0.494 e. The Morgan fingerprint density at radius 3 is 2.37 bits per heavy atom. The monoisotopic (exact) mass is 367 g/mol. The molecule has 1 fully saturated rings. The average Bonchev–Trinajstić information content (AvgIpc) is 2.99. The predicted molar refractivity (Wildman–Crippen MR) is 104 cm³/mol. The molecule has 0 spiro atoms. The number of carbonyl (C=O) groups is 2. The van der Waals surface area contributed by atoms with Crippen LogP contribution in [0.5, 0.6) is 5.75 Å². The molecular formula is C21H25N3O3. The number of likely N-dealkylation sites (tertiary alicyclic amines) is 1.